The lowest BCUT2D eigenvalue weighted by molar-refractivity contribution is 0.201. The molecule has 0 bridgehead atoms. The molecule has 25 heavy (non-hydrogen) atoms. The van der Waals surface area contributed by atoms with E-state index in [1.165, 1.54) is 14.2 Å². The molecule has 7 nitrogen and oxygen atoms in total. The summed E-state index contributed by atoms with van der Waals surface area (Å²) in [6.45, 7) is 0.119. The molecule has 3 aromatic rings. The number of aliphatic hydroxyl groups excluding tert-OH is 1. The molecule has 2 aromatic carbocycles. The van der Waals surface area contributed by atoms with Crippen molar-refractivity contribution in [2.24, 2.45) is 0 Å². The van der Waals surface area contributed by atoms with Crippen molar-refractivity contribution in [3.8, 4) is 28.6 Å². The van der Waals surface area contributed by atoms with E-state index in [0.717, 1.165) is 0 Å². The van der Waals surface area contributed by atoms with Gasteiger partial charge in [-0.1, -0.05) is 12.1 Å². The lowest BCUT2D eigenvalue weighted by Crippen LogP contribution is -2.11. The second kappa shape index (κ2) is 7.23. The zero-order chi connectivity index (χ0) is 17.8. The molecule has 0 aliphatic rings. The molecule has 2 N–H and O–H groups in total. The Morgan fingerprint density at radius 2 is 1.96 bits per heavy atom. The number of nitrogens with zero attached hydrogens (tertiary/aromatic N) is 1. The Hall–Kier alpha value is -3.06. The lowest BCUT2D eigenvalue weighted by atomic mass is 10.1. The van der Waals surface area contributed by atoms with Crippen LogP contribution in [-0.2, 0) is 0 Å². The van der Waals surface area contributed by atoms with Crippen LogP contribution in [0.25, 0.3) is 22.3 Å². The molecular weight excluding hydrogens is 324 g/mol. The molecule has 0 unspecified atom stereocenters. The zero-order valence-corrected chi connectivity index (χ0v) is 13.9. The van der Waals surface area contributed by atoms with Gasteiger partial charge in [0.2, 0.25) is 0 Å². The van der Waals surface area contributed by atoms with Crippen molar-refractivity contribution >= 4 is 10.9 Å². The first kappa shape index (κ1) is 16.8. The van der Waals surface area contributed by atoms with Gasteiger partial charge < -0.3 is 24.3 Å². The zero-order valence-electron chi connectivity index (χ0n) is 13.9. The predicted octanol–water partition coefficient (Wildman–Crippen LogP) is 1.98. The number of hydrogen-bond donors (Lipinski definition) is 2. The quantitative estimate of drug-likeness (QED) is 0.711. The molecule has 1 aromatic heterocycles. The Labute approximate surface area is 143 Å². The molecule has 0 saturated heterocycles. The van der Waals surface area contributed by atoms with Gasteiger partial charge in [0.15, 0.2) is 0 Å². The van der Waals surface area contributed by atoms with Crippen LogP contribution in [0.3, 0.4) is 0 Å². The summed E-state index contributed by atoms with van der Waals surface area (Å²) in [7, 11) is 3.03. The van der Waals surface area contributed by atoms with E-state index in [1.54, 1.807) is 30.3 Å². The van der Waals surface area contributed by atoms with E-state index in [4.69, 9.17) is 19.3 Å². The maximum absolute atomic E-state index is 12.5. The Kier molecular flexibility index (Phi) is 4.85. The molecule has 3 rings (SSSR count). The van der Waals surface area contributed by atoms with Crippen LogP contribution in [0.5, 0.6) is 17.2 Å². The first-order chi connectivity index (χ1) is 12.2. The maximum atomic E-state index is 12.5. The Bertz CT molecular complexity index is 952. The highest BCUT2D eigenvalue weighted by Gasteiger charge is 2.13. The van der Waals surface area contributed by atoms with Crippen molar-refractivity contribution in [2.75, 3.05) is 27.4 Å². The number of fused-ring (bicyclic) bond motifs is 1. The highest BCUT2D eigenvalue weighted by molar-refractivity contribution is 5.87. The Morgan fingerprint density at radius 1 is 1.12 bits per heavy atom. The maximum Gasteiger partial charge on any atom is 0.262 e. The molecular formula is C18H18N2O5. The summed E-state index contributed by atoms with van der Waals surface area (Å²) in [6.07, 6.45) is 0. The highest BCUT2D eigenvalue weighted by atomic mass is 16.5. The van der Waals surface area contributed by atoms with Gasteiger partial charge in [-0.2, -0.15) is 0 Å². The third kappa shape index (κ3) is 3.41. The first-order valence-electron chi connectivity index (χ1n) is 7.66. The van der Waals surface area contributed by atoms with Crippen LogP contribution in [0.4, 0.5) is 0 Å². The Balaban J connectivity index is 2.13. The van der Waals surface area contributed by atoms with Crippen LogP contribution in [0, 0.1) is 0 Å². The second-order valence-electron chi connectivity index (χ2n) is 5.24. The van der Waals surface area contributed by atoms with E-state index >= 15 is 0 Å². The van der Waals surface area contributed by atoms with Gasteiger partial charge in [-0.15, -0.1) is 0 Å². The third-order valence-corrected chi connectivity index (χ3v) is 3.67. The molecule has 0 aliphatic carbocycles. The number of H-pyrrole nitrogens is 1. The molecule has 130 valence electrons. The molecule has 0 amide bonds. The van der Waals surface area contributed by atoms with E-state index in [-0.39, 0.29) is 18.8 Å². The van der Waals surface area contributed by atoms with Gasteiger partial charge in [0.25, 0.3) is 5.56 Å². The summed E-state index contributed by atoms with van der Waals surface area (Å²) in [5, 5.41) is 9.22. The van der Waals surface area contributed by atoms with E-state index < -0.39 is 0 Å². The first-order valence-corrected chi connectivity index (χ1v) is 7.66. The summed E-state index contributed by atoms with van der Waals surface area (Å²) in [4.78, 5) is 19.8. The SMILES string of the molecule is COc1cc(OC)c2c(=O)[nH]c(-c3cccc(OCCO)c3)nc2c1. The molecule has 0 saturated carbocycles. The van der Waals surface area contributed by atoms with Crippen LogP contribution in [0.15, 0.2) is 41.2 Å². The number of aliphatic hydroxyl groups is 1. The van der Waals surface area contributed by atoms with Crippen molar-refractivity contribution in [3.63, 3.8) is 0 Å². The van der Waals surface area contributed by atoms with Gasteiger partial charge in [-0.3, -0.25) is 4.79 Å². The van der Waals surface area contributed by atoms with Crippen molar-refractivity contribution in [1.82, 2.24) is 9.97 Å². The minimum absolute atomic E-state index is 0.0745. The molecule has 0 radical (unpaired) electrons. The number of hydrogen-bond acceptors (Lipinski definition) is 6. The Morgan fingerprint density at radius 3 is 2.68 bits per heavy atom. The van der Waals surface area contributed by atoms with Gasteiger partial charge >= 0.3 is 0 Å². The van der Waals surface area contributed by atoms with Crippen LogP contribution in [0.1, 0.15) is 0 Å². The number of nitrogens with one attached hydrogen (secondary N) is 1. The smallest absolute Gasteiger partial charge is 0.262 e. The summed E-state index contributed by atoms with van der Waals surface area (Å²) >= 11 is 0. The highest BCUT2D eigenvalue weighted by Crippen LogP contribution is 2.29. The predicted molar refractivity (Wildman–Crippen MR) is 93.5 cm³/mol. The van der Waals surface area contributed by atoms with Gasteiger partial charge in [0.1, 0.15) is 35.1 Å². The van der Waals surface area contributed by atoms with Crippen LogP contribution < -0.4 is 19.8 Å². The largest absolute Gasteiger partial charge is 0.497 e. The number of rotatable bonds is 6. The monoisotopic (exact) mass is 342 g/mol. The fraction of sp³-hybridized carbons (Fsp3) is 0.222. The minimum atomic E-state index is -0.304. The molecule has 0 spiro atoms. The summed E-state index contributed by atoms with van der Waals surface area (Å²) in [5.74, 6) is 1.93. The number of benzene rings is 2. The van der Waals surface area contributed by atoms with E-state index in [0.29, 0.717) is 39.5 Å². The van der Waals surface area contributed by atoms with Crippen LogP contribution in [0.2, 0.25) is 0 Å². The topological polar surface area (TPSA) is 93.7 Å². The van der Waals surface area contributed by atoms with E-state index in [2.05, 4.69) is 9.97 Å². The van der Waals surface area contributed by atoms with Crippen molar-refractivity contribution in [3.05, 3.63) is 46.8 Å². The standard InChI is InChI=1S/C18H18N2O5/c1-23-13-9-14-16(15(10-13)24-2)18(22)20-17(19-14)11-4-3-5-12(8-11)25-7-6-21/h3-5,8-10,21H,6-7H2,1-2H3,(H,19,20,22). The molecule has 7 heteroatoms. The van der Waals surface area contributed by atoms with Gasteiger partial charge in [-0.05, 0) is 12.1 Å². The van der Waals surface area contributed by atoms with Crippen molar-refractivity contribution in [2.45, 2.75) is 0 Å². The average molecular weight is 342 g/mol. The molecule has 0 fully saturated rings. The molecule has 1 heterocycles. The van der Waals surface area contributed by atoms with Gasteiger partial charge in [-0.25, -0.2) is 4.98 Å². The summed E-state index contributed by atoms with van der Waals surface area (Å²) < 4.78 is 15.9. The number of methoxy groups -OCH3 is 2. The van der Waals surface area contributed by atoms with Gasteiger partial charge in [0.05, 0.1) is 26.3 Å². The second-order valence-corrected chi connectivity index (χ2v) is 5.24. The van der Waals surface area contributed by atoms with Crippen LogP contribution >= 0.6 is 0 Å². The van der Waals surface area contributed by atoms with Gasteiger partial charge in [0, 0.05) is 17.7 Å². The van der Waals surface area contributed by atoms with Crippen molar-refractivity contribution in [1.29, 1.82) is 0 Å². The van der Waals surface area contributed by atoms with Crippen LogP contribution in [-0.4, -0.2) is 42.5 Å². The summed E-state index contributed by atoms with van der Waals surface area (Å²) in [5.41, 5.74) is 0.856. The number of aromatic nitrogens is 2. The molecule has 0 aliphatic heterocycles. The number of ether oxygens (including phenoxy) is 3. The normalized spacial score (nSPS) is 10.7. The van der Waals surface area contributed by atoms with E-state index in [1.807, 2.05) is 6.07 Å². The fourth-order valence-corrected chi connectivity index (χ4v) is 2.52. The molecule has 0 atom stereocenters. The van der Waals surface area contributed by atoms with E-state index in [9.17, 15) is 4.79 Å². The fourth-order valence-electron chi connectivity index (χ4n) is 2.52. The number of aromatic amines is 1. The third-order valence-electron chi connectivity index (χ3n) is 3.67. The lowest BCUT2D eigenvalue weighted by Gasteiger charge is -2.10. The minimum Gasteiger partial charge on any atom is -0.497 e. The average Bonchev–Trinajstić information content (AvgIpc) is 2.65. The van der Waals surface area contributed by atoms with Crippen molar-refractivity contribution < 1.29 is 19.3 Å². The summed E-state index contributed by atoms with van der Waals surface area (Å²) in [6, 6.07) is 10.4.